The van der Waals surface area contributed by atoms with Gasteiger partial charge in [0, 0.05) is 10.6 Å². The van der Waals surface area contributed by atoms with Crippen molar-refractivity contribution >= 4 is 79.4 Å². The fourth-order valence-corrected chi connectivity index (χ4v) is 8.70. The molecule has 4 aromatic carbocycles. The molecule has 0 fully saturated rings. The Kier molecular flexibility index (Phi) is 6.38. The van der Waals surface area contributed by atoms with Crippen molar-refractivity contribution in [2.45, 2.75) is 19.5 Å². The number of sulfone groups is 1. The van der Waals surface area contributed by atoms with E-state index in [1.807, 2.05) is 60.7 Å². The van der Waals surface area contributed by atoms with Crippen LogP contribution in [0.2, 0.25) is 20.1 Å². The van der Waals surface area contributed by atoms with E-state index in [2.05, 4.69) is 0 Å². The molecule has 0 N–H and O–H groups in total. The Morgan fingerprint density at radius 1 is 0.571 bits per heavy atom. The maximum Gasteiger partial charge on any atom is 0.208 e. The van der Waals surface area contributed by atoms with Crippen LogP contribution in [0, 0.1) is 0 Å². The van der Waals surface area contributed by atoms with Gasteiger partial charge in [-0.3, -0.25) is 0 Å². The molecule has 0 saturated heterocycles. The number of hydrogen-bond donors (Lipinski definition) is 0. The number of rotatable bonds is 4. The lowest BCUT2D eigenvalue weighted by Crippen LogP contribution is -2.55. The van der Waals surface area contributed by atoms with E-state index in [9.17, 15) is 8.42 Å². The van der Waals surface area contributed by atoms with E-state index in [4.69, 9.17) is 69.6 Å². The van der Waals surface area contributed by atoms with Gasteiger partial charge in [-0.15, -0.1) is 0 Å². The second kappa shape index (κ2) is 8.85. The van der Waals surface area contributed by atoms with Gasteiger partial charge in [0.15, 0.2) is 4.33 Å². The Morgan fingerprint density at radius 2 is 1.06 bits per heavy atom. The van der Waals surface area contributed by atoms with Crippen molar-refractivity contribution in [3.05, 3.63) is 127 Å². The lowest BCUT2D eigenvalue weighted by molar-refractivity contribution is 0.456. The molecule has 0 aliphatic heterocycles. The van der Waals surface area contributed by atoms with Crippen molar-refractivity contribution in [3.63, 3.8) is 0 Å². The van der Waals surface area contributed by atoms with E-state index < -0.39 is 19.6 Å². The van der Waals surface area contributed by atoms with Gasteiger partial charge >= 0.3 is 0 Å². The van der Waals surface area contributed by atoms with Gasteiger partial charge in [-0.25, -0.2) is 8.42 Å². The highest BCUT2D eigenvalue weighted by Crippen LogP contribution is 2.71. The minimum atomic E-state index is -4.22. The van der Waals surface area contributed by atoms with Crippen molar-refractivity contribution in [2.75, 3.05) is 0 Å². The van der Waals surface area contributed by atoms with Gasteiger partial charge in [0.05, 0.1) is 30.3 Å². The quantitative estimate of drug-likeness (QED) is 0.172. The van der Waals surface area contributed by atoms with Crippen LogP contribution in [0.5, 0.6) is 0 Å². The smallest absolute Gasteiger partial charge is 0.208 e. The molecule has 0 unspecified atom stereocenters. The van der Waals surface area contributed by atoms with Gasteiger partial charge in [0.2, 0.25) is 9.84 Å². The lowest BCUT2D eigenvalue weighted by Gasteiger charge is -2.55. The zero-order chi connectivity index (χ0) is 25.2. The SMILES string of the molecule is O=S(=O)(c1ccc(Cl)cc1)c1c(Cl)c(Cl)c(Cl)c2c1C(Cl)(Cl)C2(c1ccccc1)c1ccccc1. The number of halogens is 6. The molecule has 35 heavy (non-hydrogen) atoms. The average molecular weight is 603 g/mol. The Morgan fingerprint density at radius 3 is 1.54 bits per heavy atom. The molecule has 2 nitrogen and oxygen atoms in total. The van der Waals surface area contributed by atoms with Crippen LogP contribution in [0.3, 0.4) is 0 Å². The molecule has 178 valence electrons. The lowest BCUT2D eigenvalue weighted by atomic mass is 9.56. The highest BCUT2D eigenvalue weighted by atomic mass is 35.5. The highest BCUT2D eigenvalue weighted by Gasteiger charge is 2.67. The first-order chi connectivity index (χ1) is 16.6. The van der Waals surface area contributed by atoms with E-state index in [1.54, 1.807) is 0 Å². The molecular weight excluding hydrogens is 589 g/mol. The molecule has 0 amide bonds. The summed E-state index contributed by atoms with van der Waals surface area (Å²) < 4.78 is 26.0. The van der Waals surface area contributed by atoms with E-state index in [0.717, 1.165) is 11.1 Å². The van der Waals surface area contributed by atoms with Crippen LogP contribution in [0.25, 0.3) is 0 Å². The largest absolute Gasteiger partial charge is 0.218 e. The van der Waals surface area contributed by atoms with Crippen LogP contribution in [0.4, 0.5) is 0 Å². The zero-order valence-corrected chi connectivity index (χ0v) is 22.9. The summed E-state index contributed by atoms with van der Waals surface area (Å²) in [6.45, 7) is 0. The second-order valence-corrected chi connectivity index (χ2v) is 12.8. The first-order valence-corrected chi connectivity index (χ1v) is 14.0. The minimum absolute atomic E-state index is 0.0366. The van der Waals surface area contributed by atoms with Crippen LogP contribution in [-0.2, 0) is 19.6 Å². The van der Waals surface area contributed by atoms with Crippen molar-refractivity contribution in [1.82, 2.24) is 0 Å². The summed E-state index contributed by atoms with van der Waals surface area (Å²) >= 11 is 40.2. The first-order valence-electron chi connectivity index (χ1n) is 10.3. The second-order valence-electron chi connectivity index (χ2n) is 8.03. The molecule has 0 atom stereocenters. The standard InChI is InChI=1S/C26H14Cl6O2S/c27-17-11-13-18(14-12-17)35(33,34)24-20-19(21(28)22(29)23(24)30)25(26(20,31)32,15-7-3-1-4-8-15)16-9-5-2-6-10-16/h1-14H. The van der Waals surface area contributed by atoms with Crippen LogP contribution in [-0.4, -0.2) is 8.42 Å². The fraction of sp³-hybridized carbons (Fsp3) is 0.0769. The summed E-state index contributed by atoms with van der Waals surface area (Å²) in [5.74, 6) is 0. The van der Waals surface area contributed by atoms with Crippen LogP contribution >= 0.6 is 69.6 Å². The van der Waals surface area contributed by atoms with Crippen molar-refractivity contribution in [3.8, 4) is 0 Å². The molecule has 0 heterocycles. The predicted octanol–water partition coefficient (Wildman–Crippen LogP) is 9.11. The third-order valence-electron chi connectivity index (χ3n) is 6.25. The third-order valence-corrected chi connectivity index (χ3v) is 10.7. The molecule has 1 aliphatic carbocycles. The van der Waals surface area contributed by atoms with Crippen molar-refractivity contribution < 1.29 is 8.42 Å². The molecule has 0 spiro atoms. The maximum absolute atomic E-state index is 13.9. The number of fused-ring (bicyclic) bond motifs is 1. The summed E-state index contributed by atoms with van der Waals surface area (Å²) in [6, 6.07) is 24.3. The van der Waals surface area contributed by atoms with E-state index in [1.165, 1.54) is 24.3 Å². The monoisotopic (exact) mass is 600 g/mol. The van der Waals surface area contributed by atoms with Gasteiger partial charge in [-0.1, -0.05) is 130 Å². The van der Waals surface area contributed by atoms with Gasteiger partial charge in [-0.2, -0.15) is 0 Å². The molecule has 5 rings (SSSR count). The molecular formula is C26H14Cl6O2S. The van der Waals surface area contributed by atoms with Gasteiger partial charge in [0.25, 0.3) is 0 Å². The summed E-state index contributed by atoms with van der Waals surface area (Å²) in [6.07, 6.45) is 0. The summed E-state index contributed by atoms with van der Waals surface area (Å²) in [5, 5.41) is 0.130. The molecule has 0 radical (unpaired) electrons. The Bertz CT molecular complexity index is 1510. The molecule has 4 aromatic rings. The summed E-state index contributed by atoms with van der Waals surface area (Å²) in [7, 11) is -4.22. The molecule has 0 saturated carbocycles. The van der Waals surface area contributed by atoms with E-state index in [0.29, 0.717) is 10.6 Å². The summed E-state index contributed by atoms with van der Waals surface area (Å²) in [5.41, 5.74) is 0.716. The average Bonchev–Trinajstić information content (AvgIpc) is 2.85. The highest BCUT2D eigenvalue weighted by molar-refractivity contribution is 7.91. The van der Waals surface area contributed by atoms with Gasteiger partial charge in [-0.05, 0) is 41.0 Å². The molecule has 9 heteroatoms. The van der Waals surface area contributed by atoms with E-state index in [-0.39, 0.29) is 30.4 Å². The van der Waals surface area contributed by atoms with Crippen LogP contribution in [0.15, 0.2) is 94.7 Å². The number of benzene rings is 4. The van der Waals surface area contributed by atoms with Crippen LogP contribution < -0.4 is 0 Å². The third kappa shape index (κ3) is 3.48. The van der Waals surface area contributed by atoms with Gasteiger partial charge in [0.1, 0.15) is 0 Å². The number of hydrogen-bond acceptors (Lipinski definition) is 2. The van der Waals surface area contributed by atoms with Crippen LogP contribution in [0.1, 0.15) is 22.3 Å². The summed E-state index contributed by atoms with van der Waals surface area (Å²) in [4.78, 5) is -0.316. The first kappa shape index (κ1) is 25.2. The predicted molar refractivity (Wildman–Crippen MR) is 145 cm³/mol. The molecule has 1 aliphatic rings. The Labute approximate surface area is 233 Å². The zero-order valence-electron chi connectivity index (χ0n) is 17.6. The maximum atomic E-state index is 13.9. The molecule has 0 aromatic heterocycles. The van der Waals surface area contributed by atoms with Crippen molar-refractivity contribution in [1.29, 1.82) is 0 Å². The number of alkyl halides is 2. The normalized spacial score (nSPS) is 15.8. The van der Waals surface area contributed by atoms with Gasteiger partial charge < -0.3 is 0 Å². The Hall–Kier alpha value is -1.43. The van der Waals surface area contributed by atoms with E-state index >= 15 is 0 Å². The minimum Gasteiger partial charge on any atom is -0.218 e. The van der Waals surface area contributed by atoms with Crippen molar-refractivity contribution in [2.24, 2.45) is 0 Å². The molecule has 0 bridgehead atoms. The fourth-order valence-electron chi connectivity index (χ4n) is 4.75. The topological polar surface area (TPSA) is 34.1 Å². The Balaban J connectivity index is 1.93.